The van der Waals surface area contributed by atoms with Gasteiger partial charge in [-0.25, -0.2) is 0 Å². The van der Waals surface area contributed by atoms with Crippen LogP contribution in [0.1, 0.15) is 54.9 Å². The average molecular weight is 315 g/mol. The molecular weight excluding hydrogens is 294 g/mol. The van der Waals surface area contributed by atoms with E-state index in [0.717, 1.165) is 24.2 Å². The molecule has 23 heavy (non-hydrogen) atoms. The Morgan fingerprint density at radius 2 is 2.13 bits per heavy atom. The molecule has 1 atom stereocenters. The van der Waals surface area contributed by atoms with Crippen molar-refractivity contribution >= 4 is 5.91 Å². The lowest BCUT2D eigenvalue weighted by Crippen LogP contribution is -2.29. The summed E-state index contributed by atoms with van der Waals surface area (Å²) in [5.74, 6) is 1.65. The number of rotatable bonds is 8. The number of carbonyl (C=O) groups excluding carboxylic acids is 1. The van der Waals surface area contributed by atoms with Gasteiger partial charge in [-0.2, -0.15) is 4.98 Å². The Labute approximate surface area is 134 Å². The predicted molar refractivity (Wildman–Crippen MR) is 83.6 cm³/mol. The van der Waals surface area contributed by atoms with E-state index >= 15 is 0 Å². The Balaban J connectivity index is 1.52. The normalized spacial score (nSPS) is 15.3. The minimum Gasteiger partial charge on any atom is -0.396 e. The highest BCUT2D eigenvalue weighted by molar-refractivity contribution is 5.76. The van der Waals surface area contributed by atoms with Gasteiger partial charge in [0.15, 0.2) is 5.82 Å². The van der Waals surface area contributed by atoms with Gasteiger partial charge in [0.1, 0.15) is 0 Å². The van der Waals surface area contributed by atoms with Gasteiger partial charge < -0.3 is 14.9 Å². The maximum atomic E-state index is 12.1. The van der Waals surface area contributed by atoms with Crippen LogP contribution in [0, 0.1) is 0 Å². The third kappa shape index (κ3) is 4.39. The number of nitrogens with zero attached hydrogens (tertiary/aromatic N) is 2. The molecule has 1 heterocycles. The second-order valence-electron chi connectivity index (χ2n) is 5.86. The summed E-state index contributed by atoms with van der Waals surface area (Å²) in [5.41, 5.74) is 0.990. The summed E-state index contributed by atoms with van der Waals surface area (Å²) >= 11 is 0. The molecule has 1 aromatic carbocycles. The maximum absolute atomic E-state index is 12.1. The van der Waals surface area contributed by atoms with Crippen LogP contribution in [0.15, 0.2) is 34.9 Å². The summed E-state index contributed by atoms with van der Waals surface area (Å²) in [7, 11) is 0. The van der Waals surface area contributed by atoms with Gasteiger partial charge in [-0.1, -0.05) is 35.5 Å². The topological polar surface area (TPSA) is 88.2 Å². The first kappa shape index (κ1) is 15.7. The minimum absolute atomic E-state index is 0.0221. The fourth-order valence-corrected chi connectivity index (χ4v) is 2.50. The van der Waals surface area contributed by atoms with Crippen molar-refractivity contribution < 1.29 is 14.4 Å². The zero-order valence-corrected chi connectivity index (χ0v) is 12.9. The van der Waals surface area contributed by atoms with Crippen molar-refractivity contribution in [2.45, 2.75) is 44.1 Å². The number of hydrogen-bond donors (Lipinski definition) is 2. The first-order chi connectivity index (χ1) is 11.3. The Bertz CT molecular complexity index is 638. The Morgan fingerprint density at radius 3 is 2.83 bits per heavy atom. The van der Waals surface area contributed by atoms with Crippen LogP contribution in [0.4, 0.5) is 0 Å². The van der Waals surface area contributed by atoms with Crippen LogP contribution >= 0.6 is 0 Å². The number of aryl methyl sites for hydroxylation is 1. The Kier molecular flexibility index (Phi) is 5.02. The molecule has 0 aliphatic heterocycles. The number of amides is 1. The third-order valence-electron chi connectivity index (χ3n) is 3.95. The second kappa shape index (κ2) is 7.37. The van der Waals surface area contributed by atoms with Crippen LogP contribution in [0.3, 0.4) is 0 Å². The van der Waals surface area contributed by atoms with Crippen LogP contribution in [-0.4, -0.2) is 27.8 Å². The van der Waals surface area contributed by atoms with E-state index in [4.69, 9.17) is 4.52 Å². The highest BCUT2D eigenvalue weighted by Gasteiger charge is 2.28. The summed E-state index contributed by atoms with van der Waals surface area (Å²) in [4.78, 5) is 16.5. The lowest BCUT2D eigenvalue weighted by atomic mass is 10.0. The smallest absolute Gasteiger partial charge is 0.227 e. The molecule has 1 amide bonds. The molecule has 1 fully saturated rings. The molecule has 1 aliphatic carbocycles. The van der Waals surface area contributed by atoms with Crippen molar-refractivity contribution in [3.8, 4) is 0 Å². The minimum atomic E-state index is -0.182. The zero-order chi connectivity index (χ0) is 16.1. The van der Waals surface area contributed by atoms with Crippen molar-refractivity contribution in [3.63, 3.8) is 0 Å². The van der Waals surface area contributed by atoms with E-state index in [9.17, 15) is 9.90 Å². The molecule has 122 valence electrons. The van der Waals surface area contributed by atoms with E-state index in [1.165, 1.54) is 0 Å². The van der Waals surface area contributed by atoms with Gasteiger partial charge in [0.2, 0.25) is 11.8 Å². The van der Waals surface area contributed by atoms with Crippen LogP contribution in [0.25, 0.3) is 0 Å². The standard InChI is InChI=1S/C17H21N3O3/c21-11-10-14(12-4-2-1-3-5-12)18-15(22)8-9-16-19-17(20-23-16)13-6-7-13/h1-5,13-14,21H,6-11H2,(H,18,22). The first-order valence-corrected chi connectivity index (χ1v) is 8.04. The summed E-state index contributed by atoms with van der Waals surface area (Å²) in [6.45, 7) is 0.0221. The molecule has 0 bridgehead atoms. The van der Waals surface area contributed by atoms with Crippen LogP contribution in [-0.2, 0) is 11.2 Å². The van der Waals surface area contributed by atoms with Crippen molar-refractivity contribution in [2.75, 3.05) is 6.61 Å². The monoisotopic (exact) mass is 315 g/mol. The summed E-state index contributed by atoms with van der Waals surface area (Å²) in [6.07, 6.45) is 3.47. The van der Waals surface area contributed by atoms with Gasteiger partial charge in [0, 0.05) is 25.4 Å². The molecule has 6 nitrogen and oxygen atoms in total. The van der Waals surface area contributed by atoms with E-state index in [-0.39, 0.29) is 18.6 Å². The largest absolute Gasteiger partial charge is 0.396 e. The lowest BCUT2D eigenvalue weighted by Gasteiger charge is -2.18. The molecule has 1 saturated carbocycles. The van der Waals surface area contributed by atoms with Gasteiger partial charge in [0.25, 0.3) is 0 Å². The fourth-order valence-electron chi connectivity index (χ4n) is 2.50. The zero-order valence-electron chi connectivity index (χ0n) is 12.9. The van der Waals surface area contributed by atoms with Crippen molar-refractivity contribution in [1.29, 1.82) is 0 Å². The highest BCUT2D eigenvalue weighted by Crippen LogP contribution is 2.38. The Hall–Kier alpha value is -2.21. The Morgan fingerprint density at radius 1 is 1.35 bits per heavy atom. The number of aromatic nitrogens is 2. The number of hydrogen-bond acceptors (Lipinski definition) is 5. The second-order valence-corrected chi connectivity index (χ2v) is 5.86. The number of aliphatic hydroxyl groups excluding tert-OH is 1. The number of nitrogens with one attached hydrogen (secondary N) is 1. The van der Waals surface area contributed by atoms with E-state index in [0.29, 0.717) is 31.1 Å². The molecule has 1 aliphatic rings. The van der Waals surface area contributed by atoms with Gasteiger partial charge in [-0.05, 0) is 24.8 Å². The van der Waals surface area contributed by atoms with Gasteiger partial charge >= 0.3 is 0 Å². The number of benzene rings is 1. The molecule has 1 unspecified atom stereocenters. The van der Waals surface area contributed by atoms with Crippen molar-refractivity contribution in [2.24, 2.45) is 0 Å². The predicted octanol–water partition coefficient (Wildman–Crippen LogP) is 2.12. The molecule has 3 rings (SSSR count). The van der Waals surface area contributed by atoms with Gasteiger partial charge in [-0.3, -0.25) is 4.79 Å². The highest BCUT2D eigenvalue weighted by atomic mass is 16.5. The molecule has 0 radical (unpaired) electrons. The molecule has 2 N–H and O–H groups in total. The van der Waals surface area contributed by atoms with Gasteiger partial charge in [0.05, 0.1) is 6.04 Å². The van der Waals surface area contributed by atoms with Gasteiger partial charge in [-0.15, -0.1) is 0 Å². The SMILES string of the molecule is O=C(CCc1nc(C2CC2)no1)NC(CCO)c1ccccc1. The van der Waals surface area contributed by atoms with Crippen molar-refractivity contribution in [3.05, 3.63) is 47.6 Å². The molecule has 6 heteroatoms. The average Bonchev–Trinajstić information content (AvgIpc) is 3.32. The number of carbonyl (C=O) groups is 1. The lowest BCUT2D eigenvalue weighted by molar-refractivity contribution is -0.122. The molecule has 2 aromatic rings. The fraction of sp³-hybridized carbons (Fsp3) is 0.471. The van der Waals surface area contributed by atoms with E-state index in [2.05, 4.69) is 15.5 Å². The summed E-state index contributed by atoms with van der Waals surface area (Å²) < 4.78 is 5.17. The van der Waals surface area contributed by atoms with Crippen molar-refractivity contribution in [1.82, 2.24) is 15.5 Å². The van der Waals surface area contributed by atoms with Crippen LogP contribution < -0.4 is 5.32 Å². The molecular formula is C17H21N3O3. The molecule has 0 spiro atoms. The van der Waals surface area contributed by atoms with E-state index in [1.807, 2.05) is 30.3 Å². The van der Waals surface area contributed by atoms with Crippen LogP contribution in [0.5, 0.6) is 0 Å². The first-order valence-electron chi connectivity index (χ1n) is 8.04. The quantitative estimate of drug-likeness (QED) is 0.779. The van der Waals surface area contributed by atoms with Crippen LogP contribution in [0.2, 0.25) is 0 Å². The molecule has 0 saturated heterocycles. The van der Waals surface area contributed by atoms with E-state index in [1.54, 1.807) is 0 Å². The van der Waals surface area contributed by atoms with E-state index < -0.39 is 0 Å². The summed E-state index contributed by atoms with van der Waals surface area (Å²) in [5, 5.41) is 16.1. The maximum Gasteiger partial charge on any atom is 0.227 e. The third-order valence-corrected chi connectivity index (χ3v) is 3.95. The number of aliphatic hydroxyl groups is 1. The molecule has 1 aromatic heterocycles. The summed E-state index contributed by atoms with van der Waals surface area (Å²) in [6, 6.07) is 9.47.